The lowest BCUT2D eigenvalue weighted by atomic mass is 10.2. The molecule has 0 radical (unpaired) electrons. The van der Waals surface area contributed by atoms with Gasteiger partial charge in [-0.25, -0.2) is 14.1 Å². The van der Waals surface area contributed by atoms with Crippen LogP contribution < -0.4 is 0 Å². The Labute approximate surface area is 122 Å². The molecule has 1 aromatic carbocycles. The van der Waals surface area contributed by atoms with Crippen LogP contribution in [0.2, 0.25) is 0 Å². The van der Waals surface area contributed by atoms with E-state index in [0.29, 0.717) is 12.2 Å². The van der Waals surface area contributed by atoms with E-state index >= 15 is 0 Å². The molecule has 0 saturated heterocycles. The van der Waals surface area contributed by atoms with Crippen LogP contribution in [0.5, 0.6) is 0 Å². The summed E-state index contributed by atoms with van der Waals surface area (Å²) in [5, 5.41) is 14.2. The van der Waals surface area contributed by atoms with Crippen LogP contribution in [-0.4, -0.2) is 31.7 Å². The second-order valence-corrected chi connectivity index (χ2v) is 5.93. The summed E-state index contributed by atoms with van der Waals surface area (Å²) >= 11 is 1.43. The molecule has 0 aliphatic heterocycles. The predicted molar refractivity (Wildman–Crippen MR) is 77.2 cm³/mol. The maximum atomic E-state index is 13.0. The largest absolute Gasteiger partial charge is 0.392 e. The Morgan fingerprint density at radius 3 is 2.90 bits per heavy atom. The highest BCUT2D eigenvalue weighted by atomic mass is 32.2. The van der Waals surface area contributed by atoms with Crippen molar-refractivity contribution in [3.8, 4) is 0 Å². The summed E-state index contributed by atoms with van der Waals surface area (Å²) in [6.07, 6.45) is 1.41. The monoisotopic (exact) mass is 295 g/mol. The maximum absolute atomic E-state index is 13.0. The van der Waals surface area contributed by atoms with Gasteiger partial charge in [0.15, 0.2) is 0 Å². The summed E-state index contributed by atoms with van der Waals surface area (Å²) in [5.74, 6) is 1.00. The van der Waals surface area contributed by atoms with Gasteiger partial charge in [-0.2, -0.15) is 5.10 Å². The van der Waals surface area contributed by atoms with Crippen molar-refractivity contribution in [2.45, 2.75) is 37.3 Å². The van der Waals surface area contributed by atoms with Crippen LogP contribution >= 0.6 is 11.8 Å². The van der Waals surface area contributed by atoms with Crippen molar-refractivity contribution in [1.29, 1.82) is 0 Å². The molecular formula is C14H18FN3OS. The zero-order valence-corrected chi connectivity index (χ0v) is 12.3. The van der Waals surface area contributed by atoms with E-state index in [1.54, 1.807) is 10.7 Å². The van der Waals surface area contributed by atoms with Crippen molar-refractivity contribution in [2.75, 3.05) is 5.75 Å². The molecule has 108 valence electrons. The zero-order chi connectivity index (χ0) is 14.5. The van der Waals surface area contributed by atoms with E-state index in [9.17, 15) is 9.50 Å². The lowest BCUT2D eigenvalue weighted by Crippen LogP contribution is -2.18. The molecule has 1 aromatic heterocycles. The van der Waals surface area contributed by atoms with Crippen LogP contribution in [0.4, 0.5) is 4.39 Å². The number of aliphatic hydroxyl groups is 1. The standard InChI is InChI=1S/C14H18FN3OS/c1-10(2)18-14(16-9-17-18)7-12(19)8-20-13-5-3-4-11(15)6-13/h3-6,9-10,12,19H,7-8H2,1-2H3. The second kappa shape index (κ2) is 6.85. The summed E-state index contributed by atoms with van der Waals surface area (Å²) in [7, 11) is 0. The maximum Gasteiger partial charge on any atom is 0.138 e. The smallest absolute Gasteiger partial charge is 0.138 e. The highest BCUT2D eigenvalue weighted by Crippen LogP contribution is 2.20. The third-order valence-electron chi connectivity index (χ3n) is 2.79. The molecule has 6 heteroatoms. The van der Waals surface area contributed by atoms with Crippen molar-refractivity contribution in [3.05, 3.63) is 42.2 Å². The van der Waals surface area contributed by atoms with E-state index in [1.807, 2.05) is 19.9 Å². The van der Waals surface area contributed by atoms with Gasteiger partial charge in [0.1, 0.15) is 18.0 Å². The van der Waals surface area contributed by atoms with Crippen molar-refractivity contribution >= 4 is 11.8 Å². The number of nitrogens with zero attached hydrogens (tertiary/aromatic N) is 3. The first-order valence-electron chi connectivity index (χ1n) is 6.51. The lowest BCUT2D eigenvalue weighted by Gasteiger charge is -2.13. The van der Waals surface area contributed by atoms with Gasteiger partial charge in [-0.05, 0) is 32.0 Å². The minimum absolute atomic E-state index is 0.218. The Balaban J connectivity index is 1.89. The van der Waals surface area contributed by atoms with E-state index in [1.165, 1.54) is 30.2 Å². The first kappa shape index (κ1) is 15.0. The van der Waals surface area contributed by atoms with Gasteiger partial charge in [0, 0.05) is 23.1 Å². The molecule has 0 fully saturated rings. The van der Waals surface area contributed by atoms with Crippen LogP contribution in [0.25, 0.3) is 0 Å². The van der Waals surface area contributed by atoms with Crippen LogP contribution in [0.3, 0.4) is 0 Å². The highest BCUT2D eigenvalue weighted by molar-refractivity contribution is 7.99. The molecule has 0 amide bonds. The molecule has 2 aromatic rings. The van der Waals surface area contributed by atoms with Crippen molar-refractivity contribution < 1.29 is 9.50 Å². The third kappa shape index (κ3) is 4.05. The zero-order valence-electron chi connectivity index (χ0n) is 11.5. The van der Waals surface area contributed by atoms with Gasteiger partial charge in [-0.3, -0.25) is 0 Å². The van der Waals surface area contributed by atoms with E-state index < -0.39 is 6.10 Å². The lowest BCUT2D eigenvalue weighted by molar-refractivity contribution is 0.195. The number of hydrogen-bond acceptors (Lipinski definition) is 4. The van der Waals surface area contributed by atoms with Gasteiger partial charge in [0.2, 0.25) is 0 Å². The number of halogens is 1. The molecule has 0 bridgehead atoms. The first-order chi connectivity index (χ1) is 9.56. The molecule has 0 spiro atoms. The van der Waals surface area contributed by atoms with Crippen molar-refractivity contribution in [1.82, 2.24) is 14.8 Å². The molecule has 1 unspecified atom stereocenters. The molecule has 1 N–H and O–H groups in total. The summed E-state index contributed by atoms with van der Waals surface area (Å²) < 4.78 is 14.8. The second-order valence-electron chi connectivity index (χ2n) is 4.84. The molecule has 4 nitrogen and oxygen atoms in total. The first-order valence-corrected chi connectivity index (χ1v) is 7.49. The molecule has 1 heterocycles. The Morgan fingerprint density at radius 2 is 2.20 bits per heavy atom. The molecule has 20 heavy (non-hydrogen) atoms. The summed E-state index contributed by atoms with van der Waals surface area (Å²) in [6.45, 7) is 4.04. The van der Waals surface area contributed by atoms with Gasteiger partial charge < -0.3 is 5.11 Å². The summed E-state index contributed by atoms with van der Waals surface area (Å²) in [6, 6.07) is 6.59. The number of aromatic nitrogens is 3. The van der Waals surface area contributed by atoms with Crippen molar-refractivity contribution in [3.63, 3.8) is 0 Å². The Hall–Kier alpha value is -1.40. The van der Waals surface area contributed by atoms with Crippen LogP contribution in [-0.2, 0) is 6.42 Å². The van der Waals surface area contributed by atoms with Gasteiger partial charge in [-0.1, -0.05) is 6.07 Å². The Bertz CT molecular complexity index is 559. The van der Waals surface area contributed by atoms with Gasteiger partial charge >= 0.3 is 0 Å². The van der Waals surface area contributed by atoms with E-state index in [0.717, 1.165) is 10.7 Å². The number of thioether (sulfide) groups is 1. The van der Waals surface area contributed by atoms with Gasteiger partial charge in [0.05, 0.1) is 6.10 Å². The van der Waals surface area contributed by atoms with E-state index in [2.05, 4.69) is 10.1 Å². The number of hydrogen-bond donors (Lipinski definition) is 1. The fourth-order valence-electron chi connectivity index (χ4n) is 1.87. The summed E-state index contributed by atoms with van der Waals surface area (Å²) in [4.78, 5) is 4.98. The molecule has 0 saturated carbocycles. The minimum atomic E-state index is -0.537. The predicted octanol–water partition coefficient (Wildman–Crippen LogP) is 2.69. The normalized spacial score (nSPS) is 12.8. The minimum Gasteiger partial charge on any atom is -0.392 e. The van der Waals surface area contributed by atoms with E-state index in [4.69, 9.17) is 0 Å². The molecular weight excluding hydrogens is 277 g/mol. The fourth-order valence-corrected chi connectivity index (χ4v) is 2.74. The van der Waals surface area contributed by atoms with Crippen molar-refractivity contribution in [2.24, 2.45) is 0 Å². The van der Waals surface area contributed by atoms with Gasteiger partial charge in [-0.15, -0.1) is 11.8 Å². The SMILES string of the molecule is CC(C)n1ncnc1CC(O)CSc1cccc(F)c1. The Kier molecular flexibility index (Phi) is 5.14. The highest BCUT2D eigenvalue weighted by Gasteiger charge is 2.13. The van der Waals surface area contributed by atoms with Crippen LogP contribution in [0, 0.1) is 5.82 Å². The number of aliphatic hydroxyl groups excluding tert-OH is 1. The quantitative estimate of drug-likeness (QED) is 0.833. The third-order valence-corrected chi connectivity index (χ3v) is 3.93. The molecule has 2 rings (SSSR count). The average molecular weight is 295 g/mol. The molecule has 0 aliphatic rings. The summed E-state index contributed by atoms with van der Waals surface area (Å²) in [5.41, 5.74) is 0. The number of rotatable bonds is 6. The molecule has 0 aliphatic carbocycles. The van der Waals surface area contributed by atoms with Crippen LogP contribution in [0.15, 0.2) is 35.5 Å². The number of benzene rings is 1. The topological polar surface area (TPSA) is 50.9 Å². The Morgan fingerprint density at radius 1 is 1.40 bits per heavy atom. The average Bonchev–Trinajstić information content (AvgIpc) is 2.85. The van der Waals surface area contributed by atoms with E-state index in [-0.39, 0.29) is 11.9 Å². The molecule has 1 atom stereocenters. The fraction of sp³-hybridized carbons (Fsp3) is 0.429. The van der Waals surface area contributed by atoms with Gasteiger partial charge in [0.25, 0.3) is 0 Å². The van der Waals surface area contributed by atoms with Crippen LogP contribution in [0.1, 0.15) is 25.7 Å².